The molecule has 4 heteroatoms. The Hall–Kier alpha value is -1.83. The fraction of sp³-hybridized carbons (Fsp3) is 0.471. The first-order valence-electron chi connectivity index (χ1n) is 7.34. The third kappa shape index (κ3) is 6.44. The highest BCUT2D eigenvalue weighted by atomic mass is 16.5. The molecule has 0 radical (unpaired) electrons. The Bertz CT molecular complexity index is 515. The van der Waals surface area contributed by atoms with Gasteiger partial charge in [-0.1, -0.05) is 30.4 Å². The highest BCUT2D eigenvalue weighted by Crippen LogP contribution is 2.10. The number of carbonyl (C=O) groups is 1. The van der Waals surface area contributed by atoms with Crippen molar-refractivity contribution in [1.82, 2.24) is 5.32 Å². The summed E-state index contributed by atoms with van der Waals surface area (Å²) in [6.45, 7) is 6.34. The van der Waals surface area contributed by atoms with E-state index in [-0.39, 0.29) is 12.5 Å². The minimum atomic E-state index is -0.101. The van der Waals surface area contributed by atoms with Gasteiger partial charge >= 0.3 is 0 Å². The van der Waals surface area contributed by atoms with E-state index in [2.05, 4.69) is 24.1 Å². The molecular formula is C17H24N2O2. The quantitative estimate of drug-likeness (QED) is 0.594. The molecule has 4 nitrogen and oxygen atoms in total. The van der Waals surface area contributed by atoms with Crippen LogP contribution in [0.25, 0.3) is 0 Å². The van der Waals surface area contributed by atoms with E-state index in [1.165, 1.54) is 0 Å². The van der Waals surface area contributed by atoms with Crippen molar-refractivity contribution in [1.29, 1.82) is 0 Å². The number of benzene rings is 1. The van der Waals surface area contributed by atoms with Gasteiger partial charge in [-0.3, -0.25) is 4.79 Å². The number of aryl methyl sites for hydroxylation is 1. The Balaban J connectivity index is 2.58. The van der Waals surface area contributed by atoms with Crippen molar-refractivity contribution in [3.05, 3.63) is 34.9 Å². The molecule has 0 unspecified atom stereocenters. The molecule has 1 rings (SSSR count). The maximum Gasteiger partial charge on any atom is 0.252 e. The van der Waals surface area contributed by atoms with Gasteiger partial charge in [0, 0.05) is 25.3 Å². The third-order valence-corrected chi connectivity index (χ3v) is 2.84. The van der Waals surface area contributed by atoms with Crippen molar-refractivity contribution in [2.75, 3.05) is 26.3 Å². The van der Waals surface area contributed by atoms with E-state index in [0.717, 1.165) is 25.0 Å². The molecule has 0 aromatic heterocycles. The van der Waals surface area contributed by atoms with Crippen molar-refractivity contribution >= 4 is 5.91 Å². The van der Waals surface area contributed by atoms with E-state index >= 15 is 0 Å². The van der Waals surface area contributed by atoms with Crippen molar-refractivity contribution in [3.8, 4) is 11.8 Å². The van der Waals surface area contributed by atoms with Gasteiger partial charge in [0.05, 0.1) is 12.1 Å². The highest BCUT2D eigenvalue weighted by molar-refractivity contribution is 5.96. The van der Waals surface area contributed by atoms with Gasteiger partial charge in [0.2, 0.25) is 0 Å². The summed E-state index contributed by atoms with van der Waals surface area (Å²) in [6.07, 6.45) is 1.82. The second kappa shape index (κ2) is 9.98. The van der Waals surface area contributed by atoms with Crippen LogP contribution in [0, 0.1) is 18.8 Å². The van der Waals surface area contributed by atoms with Crippen LogP contribution in [0.15, 0.2) is 18.2 Å². The smallest absolute Gasteiger partial charge is 0.252 e. The molecule has 1 amide bonds. The van der Waals surface area contributed by atoms with Crippen LogP contribution in [-0.2, 0) is 4.74 Å². The molecule has 0 heterocycles. The standard InChI is InChI=1S/C17H24N2O2/c1-3-11-21-12-5-10-19-17(20)16-13-14(2)7-8-15(16)6-4-9-18/h7-8,13H,3,5,9-12,18H2,1-2H3,(H,19,20). The largest absolute Gasteiger partial charge is 0.381 e. The van der Waals surface area contributed by atoms with Gasteiger partial charge in [-0.05, 0) is 31.9 Å². The lowest BCUT2D eigenvalue weighted by Gasteiger charge is -2.08. The lowest BCUT2D eigenvalue weighted by molar-refractivity contribution is 0.0941. The van der Waals surface area contributed by atoms with Crippen molar-refractivity contribution in [2.45, 2.75) is 26.7 Å². The summed E-state index contributed by atoms with van der Waals surface area (Å²) < 4.78 is 5.38. The predicted octanol–water partition coefficient (Wildman–Crippen LogP) is 1.85. The van der Waals surface area contributed by atoms with Crippen LogP contribution in [0.4, 0.5) is 0 Å². The molecule has 114 valence electrons. The van der Waals surface area contributed by atoms with Gasteiger partial charge < -0.3 is 15.8 Å². The number of nitrogens with one attached hydrogen (secondary N) is 1. The number of hydrogen-bond donors (Lipinski definition) is 2. The van der Waals surface area contributed by atoms with Gasteiger partial charge in [0.1, 0.15) is 0 Å². The summed E-state index contributed by atoms with van der Waals surface area (Å²) in [5.74, 6) is 5.62. The Labute approximate surface area is 127 Å². The van der Waals surface area contributed by atoms with Crippen LogP contribution in [0.5, 0.6) is 0 Å². The van der Waals surface area contributed by atoms with Crippen LogP contribution >= 0.6 is 0 Å². The number of amides is 1. The maximum atomic E-state index is 12.2. The first kappa shape index (κ1) is 17.2. The molecule has 0 spiro atoms. The fourth-order valence-electron chi connectivity index (χ4n) is 1.82. The zero-order chi connectivity index (χ0) is 15.5. The van der Waals surface area contributed by atoms with Crippen molar-refractivity contribution in [3.63, 3.8) is 0 Å². The second-order valence-corrected chi connectivity index (χ2v) is 4.78. The predicted molar refractivity (Wildman–Crippen MR) is 85.2 cm³/mol. The summed E-state index contributed by atoms with van der Waals surface area (Å²) in [5, 5.41) is 2.90. The maximum absolute atomic E-state index is 12.2. The Morgan fingerprint density at radius 2 is 2.19 bits per heavy atom. The summed E-state index contributed by atoms with van der Waals surface area (Å²) >= 11 is 0. The Kier molecular flexibility index (Phi) is 8.18. The Morgan fingerprint density at radius 3 is 2.90 bits per heavy atom. The molecular weight excluding hydrogens is 264 g/mol. The molecule has 0 saturated heterocycles. The molecule has 21 heavy (non-hydrogen) atoms. The average Bonchev–Trinajstić information content (AvgIpc) is 2.49. The normalized spacial score (nSPS) is 9.86. The van der Waals surface area contributed by atoms with Crippen LogP contribution in [0.1, 0.15) is 41.3 Å². The van der Waals surface area contributed by atoms with Crippen LogP contribution in [0.3, 0.4) is 0 Å². The van der Waals surface area contributed by atoms with Crippen LogP contribution in [0.2, 0.25) is 0 Å². The molecule has 0 atom stereocenters. The van der Waals surface area contributed by atoms with E-state index in [0.29, 0.717) is 24.3 Å². The van der Waals surface area contributed by atoms with Gasteiger partial charge in [-0.2, -0.15) is 0 Å². The Morgan fingerprint density at radius 1 is 1.38 bits per heavy atom. The molecule has 0 aliphatic rings. The number of nitrogens with two attached hydrogens (primary N) is 1. The van der Waals surface area contributed by atoms with E-state index in [4.69, 9.17) is 10.5 Å². The third-order valence-electron chi connectivity index (χ3n) is 2.84. The number of carbonyl (C=O) groups excluding carboxylic acids is 1. The molecule has 0 aliphatic carbocycles. The average molecular weight is 288 g/mol. The van der Waals surface area contributed by atoms with Gasteiger partial charge in [-0.15, -0.1) is 0 Å². The van der Waals surface area contributed by atoms with Gasteiger partial charge in [-0.25, -0.2) is 0 Å². The van der Waals surface area contributed by atoms with Gasteiger partial charge in [0.25, 0.3) is 5.91 Å². The van der Waals surface area contributed by atoms with Crippen molar-refractivity contribution < 1.29 is 9.53 Å². The van der Waals surface area contributed by atoms with E-state index in [1.54, 1.807) is 0 Å². The summed E-state index contributed by atoms with van der Waals surface area (Å²) in [7, 11) is 0. The van der Waals surface area contributed by atoms with E-state index in [9.17, 15) is 4.79 Å². The van der Waals surface area contributed by atoms with Crippen LogP contribution < -0.4 is 11.1 Å². The van der Waals surface area contributed by atoms with Gasteiger partial charge in [0.15, 0.2) is 0 Å². The first-order valence-corrected chi connectivity index (χ1v) is 7.34. The summed E-state index contributed by atoms with van der Waals surface area (Å²) in [4.78, 5) is 12.2. The second-order valence-electron chi connectivity index (χ2n) is 4.78. The van der Waals surface area contributed by atoms with Crippen molar-refractivity contribution in [2.24, 2.45) is 5.73 Å². The zero-order valence-corrected chi connectivity index (χ0v) is 12.9. The monoisotopic (exact) mass is 288 g/mol. The minimum Gasteiger partial charge on any atom is -0.381 e. The molecule has 0 bridgehead atoms. The molecule has 1 aromatic rings. The van der Waals surface area contributed by atoms with E-state index in [1.807, 2.05) is 25.1 Å². The lowest BCUT2D eigenvalue weighted by Crippen LogP contribution is -2.26. The molecule has 0 aliphatic heterocycles. The summed E-state index contributed by atoms with van der Waals surface area (Å²) in [5.41, 5.74) is 7.73. The number of rotatable bonds is 7. The lowest BCUT2D eigenvalue weighted by atomic mass is 10.0. The zero-order valence-electron chi connectivity index (χ0n) is 12.9. The van der Waals surface area contributed by atoms with Crippen LogP contribution in [-0.4, -0.2) is 32.2 Å². The highest BCUT2D eigenvalue weighted by Gasteiger charge is 2.09. The molecule has 0 saturated carbocycles. The minimum absolute atomic E-state index is 0.101. The SMILES string of the molecule is CCCOCCCNC(=O)c1cc(C)ccc1C#CCN. The topological polar surface area (TPSA) is 64.3 Å². The molecule has 0 fully saturated rings. The molecule has 1 aromatic carbocycles. The fourth-order valence-corrected chi connectivity index (χ4v) is 1.82. The van der Waals surface area contributed by atoms with E-state index < -0.39 is 0 Å². The molecule has 3 N–H and O–H groups in total. The number of ether oxygens (including phenoxy) is 1. The number of hydrogen-bond acceptors (Lipinski definition) is 3. The summed E-state index contributed by atoms with van der Waals surface area (Å²) in [6, 6.07) is 5.65. The first-order chi connectivity index (χ1) is 10.2.